The standard InChI is InChI=1S/C9H13NO5/c1-6(2)9(14)10-5-15-8(13)4-3-7(11)12/h1,3-5H2,2H3,(H,10,14)(H,11,12). The van der Waals surface area contributed by atoms with E-state index in [4.69, 9.17) is 5.11 Å². The number of carboxylic acid groups (broad SMARTS) is 1. The quantitative estimate of drug-likeness (QED) is 0.371. The van der Waals surface area contributed by atoms with Gasteiger partial charge in [-0.15, -0.1) is 0 Å². The Morgan fingerprint density at radius 3 is 2.40 bits per heavy atom. The van der Waals surface area contributed by atoms with E-state index in [0.29, 0.717) is 5.57 Å². The van der Waals surface area contributed by atoms with Crippen molar-refractivity contribution in [1.82, 2.24) is 5.32 Å². The first-order valence-electron chi connectivity index (χ1n) is 4.24. The van der Waals surface area contributed by atoms with Crippen LogP contribution in [0.1, 0.15) is 19.8 Å². The number of ether oxygens (including phenoxy) is 1. The van der Waals surface area contributed by atoms with Crippen LogP contribution in [0.2, 0.25) is 0 Å². The lowest BCUT2D eigenvalue weighted by Gasteiger charge is -2.05. The SMILES string of the molecule is C=C(C)C(=O)NCOC(=O)CCC(=O)O. The summed E-state index contributed by atoms with van der Waals surface area (Å²) in [4.78, 5) is 31.8. The van der Waals surface area contributed by atoms with Crippen molar-refractivity contribution >= 4 is 17.8 Å². The molecule has 0 aromatic carbocycles. The minimum Gasteiger partial charge on any atom is -0.481 e. The van der Waals surface area contributed by atoms with Gasteiger partial charge in [-0.2, -0.15) is 0 Å². The fourth-order valence-corrected chi connectivity index (χ4v) is 0.614. The Bertz CT molecular complexity index is 284. The van der Waals surface area contributed by atoms with Crippen molar-refractivity contribution in [1.29, 1.82) is 0 Å². The second-order valence-corrected chi connectivity index (χ2v) is 2.84. The molecule has 15 heavy (non-hydrogen) atoms. The van der Waals surface area contributed by atoms with Crippen molar-refractivity contribution in [2.45, 2.75) is 19.8 Å². The van der Waals surface area contributed by atoms with Crippen LogP contribution in [0.25, 0.3) is 0 Å². The number of carbonyl (C=O) groups excluding carboxylic acids is 2. The minimum absolute atomic E-state index is 0.210. The molecule has 0 aliphatic rings. The number of carboxylic acids is 1. The highest BCUT2D eigenvalue weighted by atomic mass is 16.5. The van der Waals surface area contributed by atoms with E-state index in [-0.39, 0.29) is 19.6 Å². The molecule has 0 atom stereocenters. The Kier molecular flexibility index (Phi) is 5.77. The normalized spacial score (nSPS) is 9.13. The molecule has 0 saturated carbocycles. The third-order valence-corrected chi connectivity index (χ3v) is 1.40. The van der Waals surface area contributed by atoms with E-state index in [1.807, 2.05) is 0 Å². The number of amides is 1. The maximum Gasteiger partial charge on any atom is 0.308 e. The second-order valence-electron chi connectivity index (χ2n) is 2.84. The van der Waals surface area contributed by atoms with Crippen LogP contribution in [0.15, 0.2) is 12.2 Å². The molecule has 0 heterocycles. The van der Waals surface area contributed by atoms with E-state index < -0.39 is 17.8 Å². The van der Waals surface area contributed by atoms with Gasteiger partial charge in [-0.3, -0.25) is 14.4 Å². The van der Waals surface area contributed by atoms with Gasteiger partial charge in [-0.25, -0.2) is 0 Å². The molecule has 2 N–H and O–H groups in total. The van der Waals surface area contributed by atoms with E-state index >= 15 is 0 Å². The molecule has 0 rings (SSSR count). The first-order chi connectivity index (χ1) is 6.93. The van der Waals surface area contributed by atoms with Crippen LogP contribution in [0.3, 0.4) is 0 Å². The Labute approximate surface area is 86.9 Å². The smallest absolute Gasteiger partial charge is 0.308 e. The molecule has 84 valence electrons. The number of aliphatic carboxylic acids is 1. The van der Waals surface area contributed by atoms with Gasteiger partial charge in [0.05, 0.1) is 12.8 Å². The molecule has 0 bridgehead atoms. The molecule has 0 aromatic heterocycles. The minimum atomic E-state index is -1.07. The summed E-state index contributed by atoms with van der Waals surface area (Å²) in [5.41, 5.74) is 0.302. The molecule has 1 amide bonds. The summed E-state index contributed by atoms with van der Waals surface area (Å²) in [5, 5.41) is 10.5. The molecule has 0 aromatic rings. The van der Waals surface area contributed by atoms with Gasteiger partial charge < -0.3 is 15.2 Å². The second kappa shape index (κ2) is 6.58. The molecular weight excluding hydrogens is 202 g/mol. The lowest BCUT2D eigenvalue weighted by molar-refractivity contribution is -0.148. The monoisotopic (exact) mass is 215 g/mol. The van der Waals surface area contributed by atoms with Crippen LogP contribution in [0, 0.1) is 0 Å². The van der Waals surface area contributed by atoms with Crippen LogP contribution in [0.5, 0.6) is 0 Å². The summed E-state index contributed by atoms with van der Waals surface area (Å²) in [6.07, 6.45) is -0.495. The predicted molar refractivity (Wildman–Crippen MR) is 50.8 cm³/mol. The van der Waals surface area contributed by atoms with Gasteiger partial charge >= 0.3 is 11.9 Å². The molecule has 0 unspecified atom stereocenters. The Morgan fingerprint density at radius 2 is 1.93 bits per heavy atom. The molecule has 6 nitrogen and oxygen atoms in total. The van der Waals surface area contributed by atoms with Crippen LogP contribution in [0.4, 0.5) is 0 Å². The van der Waals surface area contributed by atoms with Crippen LogP contribution in [-0.2, 0) is 19.1 Å². The van der Waals surface area contributed by atoms with E-state index in [1.54, 1.807) is 0 Å². The zero-order valence-corrected chi connectivity index (χ0v) is 8.41. The summed E-state index contributed by atoms with van der Waals surface area (Å²) in [7, 11) is 0. The summed E-state index contributed by atoms with van der Waals surface area (Å²) < 4.78 is 4.54. The fourth-order valence-electron chi connectivity index (χ4n) is 0.614. The Balaban J connectivity index is 3.59. The van der Waals surface area contributed by atoms with Gasteiger partial charge in [0.1, 0.15) is 0 Å². The number of carbonyl (C=O) groups is 3. The zero-order chi connectivity index (χ0) is 11.8. The zero-order valence-electron chi connectivity index (χ0n) is 8.41. The third-order valence-electron chi connectivity index (χ3n) is 1.40. The molecular formula is C9H13NO5. The first-order valence-corrected chi connectivity index (χ1v) is 4.24. The topological polar surface area (TPSA) is 92.7 Å². The predicted octanol–water partition coefficient (Wildman–Crippen LogP) is 0.0442. The summed E-state index contributed by atoms with van der Waals surface area (Å²) in [5.74, 6) is -2.15. The summed E-state index contributed by atoms with van der Waals surface area (Å²) >= 11 is 0. The van der Waals surface area contributed by atoms with Crippen molar-refractivity contribution in [3.05, 3.63) is 12.2 Å². The Morgan fingerprint density at radius 1 is 1.33 bits per heavy atom. The summed E-state index contributed by atoms with van der Waals surface area (Å²) in [6.45, 7) is 4.62. The van der Waals surface area contributed by atoms with Crippen LogP contribution in [-0.4, -0.2) is 29.7 Å². The first kappa shape index (κ1) is 13.2. The molecule has 6 heteroatoms. The molecule has 0 aliphatic heterocycles. The lowest BCUT2D eigenvalue weighted by atomic mass is 10.3. The highest BCUT2D eigenvalue weighted by Crippen LogP contribution is 1.92. The highest BCUT2D eigenvalue weighted by Gasteiger charge is 2.07. The molecule has 0 fully saturated rings. The molecule has 0 spiro atoms. The van der Waals surface area contributed by atoms with Gasteiger partial charge in [0.2, 0.25) is 5.91 Å². The van der Waals surface area contributed by atoms with Crippen LogP contribution >= 0.6 is 0 Å². The van der Waals surface area contributed by atoms with Gasteiger partial charge in [-0.1, -0.05) is 6.58 Å². The maximum atomic E-state index is 10.9. The fraction of sp³-hybridized carbons (Fsp3) is 0.444. The van der Waals surface area contributed by atoms with E-state index in [9.17, 15) is 14.4 Å². The van der Waals surface area contributed by atoms with Gasteiger partial charge in [0, 0.05) is 5.57 Å². The van der Waals surface area contributed by atoms with Crippen molar-refractivity contribution < 1.29 is 24.2 Å². The molecule has 0 aliphatic carbocycles. The van der Waals surface area contributed by atoms with Crippen molar-refractivity contribution in [2.24, 2.45) is 0 Å². The molecule has 0 saturated heterocycles. The van der Waals surface area contributed by atoms with Gasteiger partial charge in [-0.05, 0) is 6.92 Å². The van der Waals surface area contributed by atoms with Crippen molar-refractivity contribution in [3.8, 4) is 0 Å². The van der Waals surface area contributed by atoms with Crippen molar-refractivity contribution in [2.75, 3.05) is 6.73 Å². The molecule has 0 radical (unpaired) electrons. The summed E-state index contributed by atoms with van der Waals surface area (Å²) in [6, 6.07) is 0. The van der Waals surface area contributed by atoms with E-state index in [2.05, 4.69) is 16.6 Å². The lowest BCUT2D eigenvalue weighted by Crippen LogP contribution is -2.28. The maximum absolute atomic E-state index is 10.9. The largest absolute Gasteiger partial charge is 0.481 e. The average molecular weight is 215 g/mol. The number of rotatable bonds is 6. The van der Waals surface area contributed by atoms with Gasteiger partial charge in [0.25, 0.3) is 0 Å². The number of hydrogen-bond donors (Lipinski definition) is 2. The number of nitrogens with one attached hydrogen (secondary N) is 1. The highest BCUT2D eigenvalue weighted by molar-refractivity contribution is 5.92. The van der Waals surface area contributed by atoms with Crippen molar-refractivity contribution in [3.63, 3.8) is 0 Å². The average Bonchev–Trinajstić information content (AvgIpc) is 2.14. The van der Waals surface area contributed by atoms with E-state index in [0.717, 1.165) is 0 Å². The Hall–Kier alpha value is -1.85. The van der Waals surface area contributed by atoms with E-state index in [1.165, 1.54) is 6.92 Å². The third kappa shape index (κ3) is 7.24. The van der Waals surface area contributed by atoms with Gasteiger partial charge in [0.15, 0.2) is 6.73 Å². The number of hydrogen-bond acceptors (Lipinski definition) is 4. The number of esters is 1. The van der Waals surface area contributed by atoms with Crippen LogP contribution < -0.4 is 5.32 Å².